The summed E-state index contributed by atoms with van der Waals surface area (Å²) in [6.07, 6.45) is 9.59. The van der Waals surface area contributed by atoms with Crippen LogP contribution >= 0.6 is 0 Å². The van der Waals surface area contributed by atoms with Gasteiger partial charge in [-0.25, -0.2) is 9.37 Å². The van der Waals surface area contributed by atoms with Crippen LogP contribution in [0.4, 0.5) is 4.39 Å². The molecular weight excluding hydrogens is 389 g/mol. The Morgan fingerprint density at radius 1 is 1.00 bits per heavy atom. The van der Waals surface area contributed by atoms with Crippen molar-refractivity contribution < 1.29 is 9.18 Å². The maximum atomic E-state index is 14.2. The molecule has 5 heteroatoms. The number of hydrogen-bond donors (Lipinski definition) is 1. The first kappa shape index (κ1) is 21.5. The average molecular weight is 422 g/mol. The van der Waals surface area contributed by atoms with E-state index >= 15 is 0 Å². The third kappa shape index (κ3) is 5.52. The standard InChI is InChI=1S/C26H32FN3O/c27-22-14-7-6-13-21(22)19-30-24-16-9-8-15-23(24)29-25(30)17-5-2-10-18-28-26(31)20-11-3-1-4-12-20/h6-9,13-16,20H,1-5,10-12,17-19H2,(H,28,31). The van der Waals surface area contributed by atoms with Gasteiger partial charge in [-0.05, 0) is 43.9 Å². The molecule has 1 saturated carbocycles. The van der Waals surface area contributed by atoms with Crippen molar-refractivity contribution >= 4 is 16.9 Å². The summed E-state index contributed by atoms with van der Waals surface area (Å²) in [5, 5.41) is 3.12. The second-order valence-corrected chi connectivity index (χ2v) is 8.63. The van der Waals surface area contributed by atoms with E-state index in [0.717, 1.165) is 61.9 Å². The van der Waals surface area contributed by atoms with Gasteiger partial charge in [0.2, 0.25) is 5.91 Å². The summed E-state index contributed by atoms with van der Waals surface area (Å²) in [7, 11) is 0. The zero-order valence-electron chi connectivity index (χ0n) is 18.2. The molecule has 2 aromatic carbocycles. The van der Waals surface area contributed by atoms with Crippen molar-refractivity contribution in [1.29, 1.82) is 0 Å². The lowest BCUT2D eigenvalue weighted by molar-refractivity contribution is -0.125. The van der Waals surface area contributed by atoms with E-state index in [1.165, 1.54) is 25.3 Å². The Balaban J connectivity index is 1.31. The molecule has 0 saturated heterocycles. The number of para-hydroxylation sites is 2. The number of nitrogens with zero attached hydrogens (tertiary/aromatic N) is 2. The largest absolute Gasteiger partial charge is 0.356 e. The zero-order chi connectivity index (χ0) is 21.5. The molecule has 1 amide bonds. The second-order valence-electron chi connectivity index (χ2n) is 8.63. The van der Waals surface area contributed by atoms with Crippen molar-refractivity contribution in [2.45, 2.75) is 64.3 Å². The van der Waals surface area contributed by atoms with Gasteiger partial charge in [-0.2, -0.15) is 0 Å². The van der Waals surface area contributed by atoms with Crippen molar-refractivity contribution in [2.24, 2.45) is 5.92 Å². The molecule has 164 valence electrons. The second kappa shape index (κ2) is 10.6. The van der Waals surface area contributed by atoms with Crippen LogP contribution in [0.15, 0.2) is 48.5 Å². The van der Waals surface area contributed by atoms with Crippen LogP contribution in [0.1, 0.15) is 62.8 Å². The van der Waals surface area contributed by atoms with Gasteiger partial charge >= 0.3 is 0 Å². The summed E-state index contributed by atoms with van der Waals surface area (Å²) in [5.41, 5.74) is 2.67. The maximum absolute atomic E-state index is 14.2. The van der Waals surface area contributed by atoms with Crippen LogP contribution in [0.2, 0.25) is 0 Å². The highest BCUT2D eigenvalue weighted by atomic mass is 19.1. The summed E-state index contributed by atoms with van der Waals surface area (Å²) in [5.74, 6) is 1.29. The number of aromatic nitrogens is 2. The van der Waals surface area contributed by atoms with Crippen LogP contribution in [0.3, 0.4) is 0 Å². The Bertz CT molecular complexity index is 1010. The summed E-state index contributed by atoms with van der Waals surface area (Å²) in [4.78, 5) is 17.1. The third-order valence-electron chi connectivity index (χ3n) is 6.37. The molecule has 0 bridgehead atoms. The molecule has 1 heterocycles. The number of nitrogens with one attached hydrogen (secondary N) is 1. The van der Waals surface area contributed by atoms with Crippen molar-refractivity contribution in [3.63, 3.8) is 0 Å². The number of carbonyl (C=O) groups excluding carboxylic acids is 1. The smallest absolute Gasteiger partial charge is 0.223 e. The van der Waals surface area contributed by atoms with E-state index in [9.17, 15) is 9.18 Å². The number of rotatable bonds is 9. The number of hydrogen-bond acceptors (Lipinski definition) is 2. The van der Waals surface area contributed by atoms with Crippen LogP contribution < -0.4 is 5.32 Å². The molecule has 0 aliphatic heterocycles. The molecule has 1 aliphatic carbocycles. The quantitative estimate of drug-likeness (QED) is 0.455. The van der Waals surface area contributed by atoms with Gasteiger partial charge in [0.05, 0.1) is 17.6 Å². The molecule has 1 aromatic heterocycles. The Labute approximate surface area is 183 Å². The summed E-state index contributed by atoms with van der Waals surface area (Å²) in [6.45, 7) is 1.24. The molecule has 4 rings (SSSR count). The SMILES string of the molecule is O=C(NCCCCCc1nc2ccccc2n1Cc1ccccc1F)C1CCCCC1. The first-order valence-electron chi connectivity index (χ1n) is 11.7. The van der Waals surface area contributed by atoms with E-state index in [0.29, 0.717) is 12.1 Å². The van der Waals surface area contributed by atoms with E-state index in [1.54, 1.807) is 6.07 Å². The predicted molar refractivity (Wildman–Crippen MR) is 122 cm³/mol. The van der Waals surface area contributed by atoms with E-state index in [4.69, 9.17) is 4.98 Å². The fourth-order valence-corrected chi connectivity index (χ4v) is 4.60. The summed E-state index contributed by atoms with van der Waals surface area (Å²) in [6, 6.07) is 15.0. The van der Waals surface area contributed by atoms with Crippen molar-refractivity contribution in [3.05, 3.63) is 65.7 Å². The molecule has 0 radical (unpaired) electrons. The summed E-state index contributed by atoms with van der Waals surface area (Å²) >= 11 is 0. The van der Waals surface area contributed by atoms with Crippen LogP contribution in [0.25, 0.3) is 11.0 Å². The van der Waals surface area contributed by atoms with Crippen molar-refractivity contribution in [1.82, 2.24) is 14.9 Å². The Hall–Kier alpha value is -2.69. The Morgan fingerprint density at radius 2 is 1.77 bits per heavy atom. The monoisotopic (exact) mass is 421 g/mol. The average Bonchev–Trinajstić information content (AvgIpc) is 3.15. The van der Waals surface area contributed by atoms with Gasteiger partial charge in [-0.1, -0.05) is 56.0 Å². The number of halogens is 1. The zero-order valence-corrected chi connectivity index (χ0v) is 18.2. The van der Waals surface area contributed by atoms with Gasteiger partial charge < -0.3 is 9.88 Å². The molecule has 1 fully saturated rings. The molecule has 1 aliphatic rings. The van der Waals surface area contributed by atoms with Crippen LogP contribution in [-0.4, -0.2) is 22.0 Å². The van der Waals surface area contributed by atoms with Crippen LogP contribution in [-0.2, 0) is 17.8 Å². The predicted octanol–water partition coefficient (Wildman–Crippen LogP) is 5.63. The van der Waals surface area contributed by atoms with Gasteiger partial charge in [0.1, 0.15) is 11.6 Å². The Kier molecular flexibility index (Phi) is 7.34. The number of amides is 1. The van der Waals surface area contributed by atoms with E-state index in [2.05, 4.69) is 9.88 Å². The lowest BCUT2D eigenvalue weighted by Gasteiger charge is -2.20. The number of carbonyl (C=O) groups is 1. The number of fused-ring (bicyclic) bond motifs is 1. The molecule has 0 atom stereocenters. The molecule has 0 spiro atoms. The number of aryl methyl sites for hydroxylation is 1. The minimum absolute atomic E-state index is 0.181. The first-order valence-corrected chi connectivity index (χ1v) is 11.7. The normalized spacial score (nSPS) is 14.7. The minimum atomic E-state index is -0.181. The van der Waals surface area contributed by atoms with Gasteiger partial charge in [0.25, 0.3) is 0 Å². The number of imidazole rings is 1. The lowest BCUT2D eigenvalue weighted by Crippen LogP contribution is -2.32. The molecular formula is C26H32FN3O. The lowest BCUT2D eigenvalue weighted by atomic mass is 9.89. The third-order valence-corrected chi connectivity index (χ3v) is 6.37. The summed E-state index contributed by atoms with van der Waals surface area (Å²) < 4.78 is 16.4. The maximum Gasteiger partial charge on any atom is 0.223 e. The van der Waals surface area contributed by atoms with Gasteiger partial charge in [0, 0.05) is 24.4 Å². The van der Waals surface area contributed by atoms with E-state index < -0.39 is 0 Å². The highest BCUT2D eigenvalue weighted by Crippen LogP contribution is 2.24. The topological polar surface area (TPSA) is 46.9 Å². The fraction of sp³-hybridized carbons (Fsp3) is 0.462. The fourth-order valence-electron chi connectivity index (χ4n) is 4.60. The van der Waals surface area contributed by atoms with Crippen molar-refractivity contribution in [3.8, 4) is 0 Å². The Morgan fingerprint density at radius 3 is 2.61 bits per heavy atom. The molecule has 3 aromatic rings. The molecule has 31 heavy (non-hydrogen) atoms. The van der Waals surface area contributed by atoms with E-state index in [1.807, 2.05) is 36.4 Å². The van der Waals surface area contributed by atoms with E-state index in [-0.39, 0.29) is 17.6 Å². The number of benzene rings is 2. The molecule has 1 N–H and O–H groups in total. The van der Waals surface area contributed by atoms with Gasteiger partial charge in [-0.3, -0.25) is 4.79 Å². The van der Waals surface area contributed by atoms with Gasteiger partial charge in [0.15, 0.2) is 0 Å². The molecule has 0 unspecified atom stereocenters. The highest BCUT2D eigenvalue weighted by Gasteiger charge is 2.20. The minimum Gasteiger partial charge on any atom is -0.356 e. The first-order chi connectivity index (χ1) is 15.2. The highest BCUT2D eigenvalue weighted by molar-refractivity contribution is 5.78. The van der Waals surface area contributed by atoms with Gasteiger partial charge in [-0.15, -0.1) is 0 Å². The van der Waals surface area contributed by atoms with Crippen molar-refractivity contribution in [2.75, 3.05) is 6.54 Å². The molecule has 4 nitrogen and oxygen atoms in total. The number of unbranched alkanes of at least 4 members (excludes halogenated alkanes) is 2. The van der Waals surface area contributed by atoms with Crippen LogP contribution in [0, 0.1) is 11.7 Å². The van der Waals surface area contributed by atoms with Crippen LogP contribution in [0.5, 0.6) is 0 Å².